The van der Waals surface area contributed by atoms with Gasteiger partial charge in [0.25, 0.3) is 0 Å². The normalized spacial score (nSPS) is 10.6. The number of halogens is 1. The summed E-state index contributed by atoms with van der Waals surface area (Å²) < 4.78 is 0. The van der Waals surface area contributed by atoms with Crippen molar-refractivity contribution in [2.75, 3.05) is 0 Å². The first kappa shape index (κ1) is 10.0. The molecule has 0 saturated carbocycles. The Balaban J connectivity index is 2.27. The molecule has 0 N–H and O–H groups in total. The third kappa shape index (κ3) is 2.30. The Bertz CT molecular complexity index is 479. The van der Waals surface area contributed by atoms with Gasteiger partial charge in [0.15, 0.2) is 5.82 Å². The molecule has 5 nitrogen and oxygen atoms in total. The Hall–Kier alpha value is -1.49. The Morgan fingerprint density at radius 3 is 3.00 bits per heavy atom. The average Bonchev–Trinajstić information content (AvgIpc) is 2.58. The van der Waals surface area contributed by atoms with E-state index in [1.807, 2.05) is 0 Å². The second-order valence-electron chi connectivity index (χ2n) is 3.13. The molecule has 0 aliphatic carbocycles. The minimum atomic E-state index is 0.479. The van der Waals surface area contributed by atoms with Crippen molar-refractivity contribution in [3.8, 4) is 0 Å². The molecule has 0 aliphatic rings. The quantitative estimate of drug-likeness (QED) is 0.768. The molecule has 0 aliphatic heterocycles. The highest BCUT2D eigenvalue weighted by Crippen LogP contribution is 2.13. The van der Waals surface area contributed by atoms with Crippen LogP contribution < -0.4 is 0 Å². The van der Waals surface area contributed by atoms with E-state index in [1.165, 1.54) is 4.80 Å². The first-order valence-electron chi connectivity index (χ1n) is 4.36. The standard InChI is InChI=1S/C9H9ClN5/c1-6-8(3-9(10)4-11-6)5-15-13-7(2)12-14-15/h3-4H,1,5H2,2H3. The van der Waals surface area contributed by atoms with Crippen LogP contribution in [0.4, 0.5) is 0 Å². The van der Waals surface area contributed by atoms with E-state index in [0.717, 1.165) is 5.56 Å². The largest absolute Gasteiger partial charge is 0.259 e. The van der Waals surface area contributed by atoms with Gasteiger partial charge in [0.1, 0.15) is 0 Å². The summed E-state index contributed by atoms with van der Waals surface area (Å²) in [7, 11) is 0. The molecule has 1 radical (unpaired) electrons. The van der Waals surface area contributed by atoms with E-state index in [-0.39, 0.29) is 0 Å². The van der Waals surface area contributed by atoms with Crippen LogP contribution in [0.15, 0.2) is 12.3 Å². The Morgan fingerprint density at radius 2 is 2.33 bits per heavy atom. The van der Waals surface area contributed by atoms with Crippen molar-refractivity contribution in [2.45, 2.75) is 13.5 Å². The number of rotatable bonds is 2. The van der Waals surface area contributed by atoms with E-state index < -0.39 is 0 Å². The maximum absolute atomic E-state index is 5.83. The minimum Gasteiger partial charge on any atom is -0.259 e. The summed E-state index contributed by atoms with van der Waals surface area (Å²) in [4.78, 5) is 5.53. The van der Waals surface area contributed by atoms with Crippen LogP contribution in [0.3, 0.4) is 0 Å². The molecule has 0 fully saturated rings. The highest BCUT2D eigenvalue weighted by molar-refractivity contribution is 6.30. The van der Waals surface area contributed by atoms with Crippen LogP contribution in [0.2, 0.25) is 5.02 Å². The van der Waals surface area contributed by atoms with Crippen LogP contribution >= 0.6 is 11.6 Å². The van der Waals surface area contributed by atoms with Gasteiger partial charge in [-0.15, -0.1) is 10.2 Å². The number of aromatic nitrogens is 5. The third-order valence-electron chi connectivity index (χ3n) is 1.89. The van der Waals surface area contributed by atoms with Crippen LogP contribution in [-0.4, -0.2) is 25.2 Å². The zero-order valence-electron chi connectivity index (χ0n) is 8.18. The van der Waals surface area contributed by atoms with Gasteiger partial charge in [-0.3, -0.25) is 4.98 Å². The van der Waals surface area contributed by atoms with E-state index in [4.69, 9.17) is 11.6 Å². The topological polar surface area (TPSA) is 56.5 Å². The van der Waals surface area contributed by atoms with Crippen molar-refractivity contribution >= 4 is 11.6 Å². The lowest BCUT2D eigenvalue weighted by atomic mass is 10.2. The molecular weight excluding hydrogens is 214 g/mol. The number of tetrazole rings is 1. The van der Waals surface area contributed by atoms with Gasteiger partial charge in [-0.1, -0.05) is 11.6 Å². The summed E-state index contributed by atoms with van der Waals surface area (Å²) in [6.07, 6.45) is 1.56. The van der Waals surface area contributed by atoms with Gasteiger partial charge in [-0.25, -0.2) is 0 Å². The first-order valence-corrected chi connectivity index (χ1v) is 4.74. The lowest BCUT2D eigenvalue weighted by Crippen LogP contribution is -2.06. The fraction of sp³-hybridized carbons (Fsp3) is 0.222. The highest BCUT2D eigenvalue weighted by Gasteiger charge is 2.04. The molecular formula is C9H9ClN5. The van der Waals surface area contributed by atoms with Gasteiger partial charge in [-0.05, 0) is 30.7 Å². The summed E-state index contributed by atoms with van der Waals surface area (Å²) in [6, 6.07) is 1.80. The van der Waals surface area contributed by atoms with Crippen LogP contribution in [-0.2, 0) is 6.54 Å². The second-order valence-corrected chi connectivity index (χ2v) is 3.56. The van der Waals surface area contributed by atoms with Gasteiger partial charge in [0.2, 0.25) is 0 Å². The molecule has 0 bridgehead atoms. The fourth-order valence-electron chi connectivity index (χ4n) is 1.19. The van der Waals surface area contributed by atoms with E-state index >= 15 is 0 Å². The molecule has 2 aromatic heterocycles. The van der Waals surface area contributed by atoms with E-state index in [1.54, 1.807) is 19.2 Å². The molecule has 77 valence electrons. The zero-order valence-corrected chi connectivity index (χ0v) is 8.94. The first-order chi connectivity index (χ1) is 7.15. The monoisotopic (exact) mass is 222 g/mol. The Kier molecular flexibility index (Phi) is 2.64. The average molecular weight is 223 g/mol. The molecule has 6 heteroatoms. The van der Waals surface area contributed by atoms with Gasteiger partial charge < -0.3 is 0 Å². The van der Waals surface area contributed by atoms with Crippen molar-refractivity contribution < 1.29 is 0 Å². The lowest BCUT2D eigenvalue weighted by molar-refractivity contribution is 0.569. The van der Waals surface area contributed by atoms with Crippen molar-refractivity contribution in [3.63, 3.8) is 0 Å². The molecule has 0 amide bonds. The smallest absolute Gasteiger partial charge is 0.171 e. The fourth-order valence-corrected chi connectivity index (χ4v) is 1.37. The predicted octanol–water partition coefficient (Wildman–Crippen LogP) is 1.26. The van der Waals surface area contributed by atoms with Crippen molar-refractivity contribution in [1.29, 1.82) is 0 Å². The van der Waals surface area contributed by atoms with Crippen molar-refractivity contribution in [2.24, 2.45) is 0 Å². The zero-order chi connectivity index (χ0) is 10.8. The summed E-state index contributed by atoms with van der Waals surface area (Å²) in [5, 5.41) is 12.3. The molecule has 0 unspecified atom stereocenters. The number of aryl methyl sites for hydroxylation is 1. The van der Waals surface area contributed by atoms with Gasteiger partial charge in [0.05, 0.1) is 11.6 Å². The summed E-state index contributed by atoms with van der Waals surface area (Å²) in [5.41, 5.74) is 1.56. The van der Waals surface area contributed by atoms with Crippen LogP contribution in [0.5, 0.6) is 0 Å². The highest BCUT2D eigenvalue weighted by atomic mass is 35.5. The number of nitrogens with zero attached hydrogens (tertiary/aromatic N) is 5. The summed E-state index contributed by atoms with van der Waals surface area (Å²) >= 11 is 5.83. The maximum Gasteiger partial charge on any atom is 0.171 e. The SMILES string of the molecule is [CH2]c1ncc(Cl)cc1Cn1nnc(C)n1. The lowest BCUT2D eigenvalue weighted by Gasteiger charge is -2.03. The second kappa shape index (κ2) is 3.94. The van der Waals surface area contributed by atoms with Gasteiger partial charge >= 0.3 is 0 Å². The number of hydrogen-bond acceptors (Lipinski definition) is 4. The molecule has 0 atom stereocenters. The third-order valence-corrected chi connectivity index (χ3v) is 2.10. The van der Waals surface area contributed by atoms with Gasteiger partial charge in [0, 0.05) is 11.9 Å². The molecule has 15 heavy (non-hydrogen) atoms. The Labute approximate surface area is 92.1 Å². The molecule has 2 aromatic rings. The van der Waals surface area contributed by atoms with Crippen LogP contribution in [0.1, 0.15) is 17.1 Å². The van der Waals surface area contributed by atoms with Crippen molar-refractivity contribution in [1.82, 2.24) is 25.2 Å². The van der Waals surface area contributed by atoms with E-state index in [0.29, 0.717) is 23.1 Å². The molecule has 2 rings (SSSR count). The Morgan fingerprint density at radius 1 is 1.53 bits per heavy atom. The number of pyridine rings is 1. The van der Waals surface area contributed by atoms with E-state index in [9.17, 15) is 0 Å². The predicted molar refractivity (Wildman–Crippen MR) is 55.4 cm³/mol. The van der Waals surface area contributed by atoms with Crippen LogP contribution in [0.25, 0.3) is 0 Å². The number of hydrogen-bond donors (Lipinski definition) is 0. The molecule has 2 heterocycles. The summed E-state index contributed by atoms with van der Waals surface area (Å²) in [6.45, 7) is 6.07. The van der Waals surface area contributed by atoms with Gasteiger partial charge in [-0.2, -0.15) is 4.80 Å². The molecule has 0 aromatic carbocycles. The molecule has 0 spiro atoms. The minimum absolute atomic E-state index is 0.479. The maximum atomic E-state index is 5.83. The molecule has 0 saturated heterocycles. The van der Waals surface area contributed by atoms with Crippen molar-refractivity contribution in [3.05, 3.63) is 41.3 Å². The summed E-state index contributed by atoms with van der Waals surface area (Å²) in [5.74, 6) is 0.635. The van der Waals surface area contributed by atoms with Crippen LogP contribution in [0, 0.1) is 13.8 Å². The van der Waals surface area contributed by atoms with E-state index in [2.05, 4.69) is 27.3 Å².